The molecule has 0 N–H and O–H groups in total. The molecule has 1 amide bonds. The first-order chi connectivity index (χ1) is 8.95. The maximum Gasteiger partial charge on any atom is 0.299 e. The third-order valence-corrected chi connectivity index (χ3v) is 2.88. The van der Waals surface area contributed by atoms with E-state index in [1.807, 2.05) is 0 Å². The van der Waals surface area contributed by atoms with Gasteiger partial charge in [-0.05, 0) is 12.5 Å². The second-order valence-corrected chi connectivity index (χ2v) is 4.29. The van der Waals surface area contributed by atoms with E-state index in [4.69, 9.17) is 0 Å². The molecule has 1 aromatic carbocycles. The van der Waals surface area contributed by atoms with Crippen molar-refractivity contribution in [1.29, 1.82) is 0 Å². The molecule has 0 saturated carbocycles. The Morgan fingerprint density at radius 1 is 1.21 bits per heavy atom. The molecule has 0 aromatic heterocycles. The smallest absolute Gasteiger partial charge is 0.298 e. The van der Waals surface area contributed by atoms with Crippen LogP contribution in [0.4, 0.5) is 14.5 Å². The van der Waals surface area contributed by atoms with Gasteiger partial charge in [-0.2, -0.15) is 0 Å². The molecule has 19 heavy (non-hydrogen) atoms. The van der Waals surface area contributed by atoms with Gasteiger partial charge in [-0.25, -0.2) is 8.78 Å². The van der Waals surface area contributed by atoms with E-state index in [9.17, 15) is 23.2 Å². The largest absolute Gasteiger partial charge is 0.299 e. The number of carbonyl (C=O) groups excluding carboxylic acids is 3. The number of fused-ring (bicyclic) bond motifs is 1. The van der Waals surface area contributed by atoms with Crippen LogP contribution in [0.1, 0.15) is 30.1 Å². The maximum atomic E-state index is 13.2. The van der Waals surface area contributed by atoms with Crippen LogP contribution in [0.2, 0.25) is 0 Å². The molecule has 0 bridgehead atoms. The summed E-state index contributed by atoms with van der Waals surface area (Å²) in [5, 5.41) is 0. The predicted molar refractivity (Wildman–Crippen MR) is 63.0 cm³/mol. The number of benzene rings is 1. The molecule has 100 valence electrons. The lowest BCUT2D eigenvalue weighted by Gasteiger charge is -2.15. The van der Waals surface area contributed by atoms with Gasteiger partial charge in [0, 0.05) is 12.5 Å². The highest BCUT2D eigenvalue weighted by molar-refractivity contribution is 6.52. The standard InChI is InChI=1S/C13H11F2NO3/c1-2-3-7(17)6-16-11-5-10(15)9(14)4-8(11)12(18)13(16)19/h4-5H,2-3,6H2,1H3. The fraction of sp³-hybridized carbons (Fsp3) is 0.308. The molecule has 0 atom stereocenters. The molecule has 0 spiro atoms. The number of carbonyl (C=O) groups is 3. The lowest BCUT2D eigenvalue weighted by atomic mass is 10.1. The van der Waals surface area contributed by atoms with Crippen molar-refractivity contribution in [3.05, 3.63) is 29.3 Å². The van der Waals surface area contributed by atoms with Gasteiger partial charge in [-0.1, -0.05) is 6.92 Å². The van der Waals surface area contributed by atoms with E-state index in [2.05, 4.69) is 0 Å². The molecule has 0 radical (unpaired) electrons. The number of hydrogen-bond acceptors (Lipinski definition) is 3. The van der Waals surface area contributed by atoms with Gasteiger partial charge in [0.05, 0.1) is 17.8 Å². The van der Waals surface area contributed by atoms with Crippen LogP contribution < -0.4 is 4.90 Å². The second-order valence-electron chi connectivity index (χ2n) is 4.29. The van der Waals surface area contributed by atoms with Gasteiger partial charge < -0.3 is 0 Å². The highest BCUT2D eigenvalue weighted by Gasteiger charge is 2.37. The van der Waals surface area contributed by atoms with E-state index in [0.717, 1.165) is 11.0 Å². The van der Waals surface area contributed by atoms with Crippen molar-refractivity contribution in [2.45, 2.75) is 19.8 Å². The Bertz CT molecular complexity index is 583. The summed E-state index contributed by atoms with van der Waals surface area (Å²) in [4.78, 5) is 35.8. The Labute approximate surface area is 108 Å². The second kappa shape index (κ2) is 4.87. The zero-order chi connectivity index (χ0) is 14.2. The van der Waals surface area contributed by atoms with Gasteiger partial charge in [0.15, 0.2) is 17.4 Å². The zero-order valence-corrected chi connectivity index (χ0v) is 10.2. The summed E-state index contributed by atoms with van der Waals surface area (Å²) in [5.41, 5.74) is -0.244. The third-order valence-electron chi connectivity index (χ3n) is 2.88. The first-order valence-electron chi connectivity index (χ1n) is 5.82. The summed E-state index contributed by atoms with van der Waals surface area (Å²) < 4.78 is 26.2. The van der Waals surface area contributed by atoms with Gasteiger partial charge >= 0.3 is 0 Å². The van der Waals surface area contributed by atoms with E-state index < -0.39 is 23.3 Å². The molecular weight excluding hydrogens is 256 g/mol. The van der Waals surface area contributed by atoms with Gasteiger partial charge in [-0.3, -0.25) is 19.3 Å². The van der Waals surface area contributed by atoms with E-state index in [1.165, 1.54) is 0 Å². The van der Waals surface area contributed by atoms with E-state index in [0.29, 0.717) is 12.5 Å². The SMILES string of the molecule is CCCC(=O)CN1C(=O)C(=O)c2cc(F)c(F)cc21. The average molecular weight is 267 g/mol. The van der Waals surface area contributed by atoms with Crippen molar-refractivity contribution in [3.63, 3.8) is 0 Å². The Morgan fingerprint density at radius 2 is 1.84 bits per heavy atom. The fourth-order valence-corrected chi connectivity index (χ4v) is 1.98. The van der Waals surface area contributed by atoms with Gasteiger partial charge in [-0.15, -0.1) is 0 Å². The molecule has 0 aliphatic carbocycles. The molecule has 1 aliphatic rings. The van der Waals surface area contributed by atoms with Crippen molar-refractivity contribution >= 4 is 23.2 Å². The normalized spacial score (nSPS) is 13.9. The molecule has 1 aliphatic heterocycles. The number of amides is 1. The highest BCUT2D eigenvalue weighted by Crippen LogP contribution is 2.30. The van der Waals surface area contributed by atoms with Crippen LogP contribution in [0.25, 0.3) is 0 Å². The summed E-state index contributed by atoms with van der Waals surface area (Å²) in [5.74, 6) is -4.43. The Morgan fingerprint density at radius 3 is 2.47 bits per heavy atom. The third kappa shape index (κ3) is 2.25. The number of anilines is 1. The minimum Gasteiger partial charge on any atom is -0.298 e. The monoisotopic (exact) mass is 267 g/mol. The van der Waals surface area contributed by atoms with Crippen molar-refractivity contribution in [3.8, 4) is 0 Å². The number of rotatable bonds is 4. The lowest BCUT2D eigenvalue weighted by Crippen LogP contribution is -2.34. The van der Waals surface area contributed by atoms with Crippen molar-refractivity contribution in [1.82, 2.24) is 0 Å². The number of hydrogen-bond donors (Lipinski definition) is 0. The molecule has 6 heteroatoms. The van der Waals surface area contributed by atoms with Crippen molar-refractivity contribution < 1.29 is 23.2 Å². The predicted octanol–water partition coefficient (Wildman–Crippen LogP) is 1.86. The number of ketones is 2. The van der Waals surface area contributed by atoms with Crippen LogP contribution in [0.15, 0.2) is 12.1 Å². The average Bonchev–Trinajstić information content (AvgIpc) is 2.56. The number of nitrogens with zero attached hydrogens (tertiary/aromatic N) is 1. The number of Topliss-reactive ketones (excluding diaryl/α,β-unsaturated/α-hetero) is 2. The minimum atomic E-state index is -1.19. The molecular formula is C13H11F2NO3. The quantitative estimate of drug-likeness (QED) is 0.782. The van der Waals surface area contributed by atoms with Crippen molar-refractivity contribution in [2.75, 3.05) is 11.4 Å². The van der Waals surface area contributed by atoms with Crippen LogP contribution in [0.5, 0.6) is 0 Å². The molecule has 2 rings (SSSR count). The van der Waals surface area contributed by atoms with Crippen molar-refractivity contribution in [2.24, 2.45) is 0 Å². The first-order valence-corrected chi connectivity index (χ1v) is 5.82. The van der Waals surface area contributed by atoms with Crippen LogP contribution in [0, 0.1) is 11.6 Å². The van der Waals surface area contributed by atoms with E-state index in [-0.39, 0.29) is 30.0 Å². The highest BCUT2D eigenvalue weighted by atomic mass is 19.2. The molecule has 0 saturated heterocycles. The van der Waals surface area contributed by atoms with Crippen LogP contribution in [-0.4, -0.2) is 24.0 Å². The van der Waals surface area contributed by atoms with Crippen LogP contribution >= 0.6 is 0 Å². The summed E-state index contributed by atoms with van der Waals surface area (Å²) in [6.45, 7) is 1.51. The van der Waals surface area contributed by atoms with Crippen LogP contribution in [-0.2, 0) is 9.59 Å². The molecule has 0 fully saturated rings. The molecule has 1 aromatic rings. The van der Waals surface area contributed by atoms with E-state index in [1.54, 1.807) is 6.92 Å². The topological polar surface area (TPSA) is 54.5 Å². The molecule has 4 nitrogen and oxygen atoms in total. The summed E-state index contributed by atoms with van der Waals surface area (Å²) in [7, 11) is 0. The zero-order valence-electron chi connectivity index (χ0n) is 10.2. The lowest BCUT2D eigenvalue weighted by molar-refractivity contribution is -0.120. The van der Waals surface area contributed by atoms with Gasteiger partial charge in [0.1, 0.15) is 0 Å². The fourth-order valence-electron chi connectivity index (χ4n) is 1.98. The van der Waals surface area contributed by atoms with E-state index >= 15 is 0 Å². The Kier molecular flexibility index (Phi) is 3.42. The first kappa shape index (κ1) is 13.3. The Hall–Kier alpha value is -2.11. The minimum absolute atomic E-state index is 0.0432. The number of halogens is 2. The van der Waals surface area contributed by atoms with Gasteiger partial charge in [0.25, 0.3) is 11.7 Å². The van der Waals surface area contributed by atoms with Crippen LogP contribution in [0.3, 0.4) is 0 Å². The maximum absolute atomic E-state index is 13.2. The molecule has 0 unspecified atom stereocenters. The summed E-state index contributed by atoms with van der Waals surface area (Å²) in [6, 6.07) is 1.46. The Balaban J connectivity index is 2.38. The molecule has 1 heterocycles. The summed E-state index contributed by atoms with van der Waals surface area (Å²) >= 11 is 0. The van der Waals surface area contributed by atoms with Gasteiger partial charge in [0.2, 0.25) is 0 Å². The summed E-state index contributed by atoms with van der Waals surface area (Å²) in [6.07, 6.45) is 0.871.